The molecule has 0 aliphatic heterocycles. The first kappa shape index (κ1) is 17.4. The number of alkyl halides is 3. The Labute approximate surface area is 133 Å². The number of nitrogens with one attached hydrogen (secondary N) is 1. The van der Waals surface area contributed by atoms with Crippen LogP contribution in [0.2, 0.25) is 0 Å². The second-order valence-corrected chi connectivity index (χ2v) is 4.47. The lowest BCUT2D eigenvalue weighted by Gasteiger charge is -2.14. The average molecular weight is 343 g/mol. The van der Waals surface area contributed by atoms with Crippen molar-refractivity contribution in [1.29, 1.82) is 0 Å². The normalized spacial score (nSPS) is 12.5. The quantitative estimate of drug-likeness (QED) is 0.836. The van der Waals surface area contributed by atoms with E-state index in [0.29, 0.717) is 0 Å². The molecule has 1 atom stereocenters. The minimum Gasteiger partial charge on any atom is -0.464 e. The number of esters is 1. The van der Waals surface area contributed by atoms with Crippen molar-refractivity contribution in [2.24, 2.45) is 0 Å². The summed E-state index contributed by atoms with van der Waals surface area (Å²) in [6.45, 7) is 1.46. The topological polar surface area (TPSA) is 94.3 Å². The molecule has 0 aliphatic carbocycles. The summed E-state index contributed by atoms with van der Waals surface area (Å²) in [7, 11) is 0. The Bertz CT molecular complexity index is 716. The molecule has 0 saturated carbocycles. The van der Waals surface area contributed by atoms with Gasteiger partial charge < -0.3 is 14.5 Å². The molecular weight excluding hydrogens is 331 g/mol. The largest absolute Gasteiger partial charge is 0.470 e. The first-order chi connectivity index (χ1) is 11.3. The molecule has 2 rings (SSSR count). The molecule has 1 aromatic heterocycles. The minimum absolute atomic E-state index is 0.0448. The summed E-state index contributed by atoms with van der Waals surface area (Å²) in [5.41, 5.74) is 0.197. The number of hydrogen-bond donors (Lipinski definition) is 1. The van der Waals surface area contributed by atoms with Crippen LogP contribution in [0, 0.1) is 0 Å². The molecule has 1 aromatic carbocycles. The van der Waals surface area contributed by atoms with Crippen LogP contribution in [0.5, 0.6) is 0 Å². The standard InChI is InChI=1S/C14H12F3N3O4/c1-2-23-12(22)9(11-19-20-13(24-11)14(15,16)17)18-10(21)8-6-4-3-5-7-8/h3-7,9H,2H2,1H3,(H,18,21). The predicted molar refractivity (Wildman–Crippen MR) is 72.6 cm³/mol. The van der Waals surface area contributed by atoms with Crippen LogP contribution in [0.3, 0.4) is 0 Å². The van der Waals surface area contributed by atoms with Crippen LogP contribution in [-0.4, -0.2) is 28.7 Å². The van der Waals surface area contributed by atoms with Gasteiger partial charge >= 0.3 is 18.0 Å². The lowest BCUT2D eigenvalue weighted by molar-refractivity contribution is -0.158. The van der Waals surface area contributed by atoms with Crippen molar-refractivity contribution < 1.29 is 31.9 Å². The lowest BCUT2D eigenvalue weighted by atomic mass is 10.2. The van der Waals surface area contributed by atoms with E-state index in [1.54, 1.807) is 18.2 Å². The summed E-state index contributed by atoms with van der Waals surface area (Å²) < 4.78 is 46.8. The first-order valence-electron chi connectivity index (χ1n) is 6.76. The molecule has 24 heavy (non-hydrogen) atoms. The second-order valence-electron chi connectivity index (χ2n) is 4.47. The van der Waals surface area contributed by atoms with Gasteiger partial charge in [-0.05, 0) is 19.1 Å². The molecule has 0 radical (unpaired) electrons. The number of benzene rings is 1. The van der Waals surface area contributed by atoms with Gasteiger partial charge in [0.2, 0.25) is 6.04 Å². The summed E-state index contributed by atoms with van der Waals surface area (Å²) in [4.78, 5) is 24.0. The smallest absolute Gasteiger partial charge is 0.464 e. The predicted octanol–water partition coefficient (Wildman–Crippen LogP) is 2.12. The summed E-state index contributed by atoms with van der Waals surface area (Å²) in [6.07, 6.45) is -4.87. The van der Waals surface area contributed by atoms with Crippen LogP contribution in [0.25, 0.3) is 0 Å². The molecule has 0 bridgehead atoms. The molecule has 0 saturated heterocycles. The zero-order valence-electron chi connectivity index (χ0n) is 12.3. The van der Waals surface area contributed by atoms with Gasteiger partial charge in [-0.1, -0.05) is 18.2 Å². The number of nitrogens with zero attached hydrogens (tertiary/aromatic N) is 2. The van der Waals surface area contributed by atoms with Crippen LogP contribution in [-0.2, 0) is 15.7 Å². The van der Waals surface area contributed by atoms with E-state index in [2.05, 4.69) is 19.9 Å². The third-order valence-electron chi connectivity index (χ3n) is 2.76. The molecule has 0 aliphatic rings. The summed E-state index contributed by atoms with van der Waals surface area (Å²) in [6, 6.07) is 6.12. The van der Waals surface area contributed by atoms with Crippen molar-refractivity contribution in [2.45, 2.75) is 19.1 Å². The molecule has 1 N–H and O–H groups in total. The zero-order chi connectivity index (χ0) is 17.7. The Hall–Kier alpha value is -2.91. The van der Waals surface area contributed by atoms with Gasteiger partial charge in [0.25, 0.3) is 11.8 Å². The van der Waals surface area contributed by atoms with Gasteiger partial charge in [-0.15, -0.1) is 10.2 Å². The molecule has 10 heteroatoms. The Morgan fingerprint density at radius 2 is 1.92 bits per heavy atom. The number of ether oxygens (including phenoxy) is 1. The number of hydrogen-bond acceptors (Lipinski definition) is 6. The average Bonchev–Trinajstić information content (AvgIpc) is 3.03. The third-order valence-corrected chi connectivity index (χ3v) is 2.76. The fourth-order valence-corrected chi connectivity index (χ4v) is 1.72. The van der Waals surface area contributed by atoms with Crippen molar-refractivity contribution >= 4 is 11.9 Å². The fourth-order valence-electron chi connectivity index (χ4n) is 1.72. The highest BCUT2D eigenvalue weighted by atomic mass is 19.4. The van der Waals surface area contributed by atoms with Gasteiger partial charge in [-0.3, -0.25) is 4.79 Å². The molecule has 7 nitrogen and oxygen atoms in total. The lowest BCUT2D eigenvalue weighted by Crippen LogP contribution is -2.35. The van der Waals surface area contributed by atoms with E-state index < -0.39 is 35.9 Å². The molecular formula is C14H12F3N3O4. The van der Waals surface area contributed by atoms with Crippen molar-refractivity contribution in [3.05, 3.63) is 47.7 Å². The maximum atomic E-state index is 12.5. The fraction of sp³-hybridized carbons (Fsp3) is 0.286. The van der Waals surface area contributed by atoms with Crippen molar-refractivity contribution in [3.63, 3.8) is 0 Å². The van der Waals surface area contributed by atoms with E-state index >= 15 is 0 Å². The highest BCUT2D eigenvalue weighted by molar-refractivity contribution is 5.96. The number of rotatable bonds is 5. The van der Waals surface area contributed by atoms with Crippen LogP contribution in [0.4, 0.5) is 13.2 Å². The van der Waals surface area contributed by atoms with E-state index in [0.717, 1.165) is 0 Å². The Morgan fingerprint density at radius 3 is 2.46 bits per heavy atom. The number of carbonyl (C=O) groups is 2. The maximum absolute atomic E-state index is 12.5. The van der Waals surface area contributed by atoms with Crippen molar-refractivity contribution in [2.75, 3.05) is 6.61 Å². The summed E-state index contributed by atoms with van der Waals surface area (Å²) in [5, 5.41) is 8.23. The first-order valence-corrected chi connectivity index (χ1v) is 6.76. The molecule has 1 heterocycles. The van der Waals surface area contributed by atoms with Gasteiger partial charge in [0, 0.05) is 5.56 Å². The van der Waals surface area contributed by atoms with E-state index in [9.17, 15) is 22.8 Å². The van der Waals surface area contributed by atoms with Gasteiger partial charge in [-0.2, -0.15) is 13.2 Å². The second kappa shape index (κ2) is 7.11. The molecule has 1 unspecified atom stereocenters. The molecule has 0 fully saturated rings. The van der Waals surface area contributed by atoms with Gasteiger partial charge in [0.05, 0.1) is 6.61 Å². The summed E-state index contributed by atoms with van der Waals surface area (Å²) in [5.74, 6) is -4.06. The van der Waals surface area contributed by atoms with E-state index in [1.165, 1.54) is 19.1 Å². The molecule has 2 aromatic rings. The summed E-state index contributed by atoms with van der Waals surface area (Å²) >= 11 is 0. The number of halogens is 3. The Balaban J connectivity index is 2.27. The Kier molecular flexibility index (Phi) is 5.17. The SMILES string of the molecule is CCOC(=O)C(NC(=O)c1ccccc1)c1nnc(C(F)(F)F)o1. The number of aromatic nitrogens is 2. The van der Waals surface area contributed by atoms with Gasteiger partial charge in [-0.25, -0.2) is 4.79 Å². The maximum Gasteiger partial charge on any atom is 0.470 e. The van der Waals surface area contributed by atoms with Crippen LogP contribution in [0.15, 0.2) is 34.7 Å². The molecule has 0 spiro atoms. The monoisotopic (exact) mass is 343 g/mol. The van der Waals surface area contributed by atoms with Crippen LogP contribution < -0.4 is 5.32 Å². The van der Waals surface area contributed by atoms with Crippen LogP contribution in [0.1, 0.15) is 35.1 Å². The van der Waals surface area contributed by atoms with Crippen molar-refractivity contribution in [3.8, 4) is 0 Å². The zero-order valence-corrected chi connectivity index (χ0v) is 12.3. The molecule has 128 valence electrons. The molecule has 1 amide bonds. The number of carbonyl (C=O) groups excluding carboxylic acids is 2. The van der Waals surface area contributed by atoms with Gasteiger partial charge in [0.15, 0.2) is 0 Å². The minimum atomic E-state index is -4.87. The van der Waals surface area contributed by atoms with Crippen molar-refractivity contribution in [1.82, 2.24) is 15.5 Å². The highest BCUT2D eigenvalue weighted by Gasteiger charge is 2.40. The highest BCUT2D eigenvalue weighted by Crippen LogP contribution is 2.29. The van der Waals surface area contributed by atoms with Crippen LogP contribution >= 0.6 is 0 Å². The Morgan fingerprint density at radius 1 is 1.25 bits per heavy atom. The van der Waals surface area contributed by atoms with E-state index in [-0.39, 0.29) is 12.2 Å². The van der Waals surface area contributed by atoms with E-state index in [1.807, 2.05) is 0 Å². The number of amides is 1. The van der Waals surface area contributed by atoms with Gasteiger partial charge in [0.1, 0.15) is 0 Å². The van der Waals surface area contributed by atoms with E-state index in [4.69, 9.17) is 4.74 Å². The third kappa shape index (κ3) is 4.09.